The predicted octanol–water partition coefficient (Wildman–Crippen LogP) is 4.28. The van der Waals surface area contributed by atoms with Gasteiger partial charge in [0, 0.05) is 23.1 Å². The summed E-state index contributed by atoms with van der Waals surface area (Å²) in [7, 11) is 0. The Kier molecular flexibility index (Phi) is 6.09. The molecule has 2 aromatic carbocycles. The van der Waals surface area contributed by atoms with Crippen molar-refractivity contribution in [3.8, 4) is 17.2 Å². The Balaban J connectivity index is 1.72. The van der Waals surface area contributed by atoms with Gasteiger partial charge in [-0.3, -0.25) is 9.59 Å². The highest BCUT2D eigenvalue weighted by atomic mass is 35.5. The van der Waals surface area contributed by atoms with E-state index < -0.39 is 0 Å². The van der Waals surface area contributed by atoms with Crippen LogP contribution < -0.4 is 19.5 Å². The fourth-order valence-electron chi connectivity index (χ4n) is 3.04. The highest BCUT2D eigenvalue weighted by molar-refractivity contribution is 6.31. The van der Waals surface area contributed by atoms with Crippen molar-refractivity contribution in [2.75, 3.05) is 18.5 Å². The second-order valence-corrected chi connectivity index (χ2v) is 6.99. The van der Waals surface area contributed by atoms with E-state index in [-0.39, 0.29) is 24.4 Å². The lowest BCUT2D eigenvalue weighted by molar-refractivity contribution is -0.118. The van der Waals surface area contributed by atoms with E-state index in [1.165, 1.54) is 13.0 Å². The van der Waals surface area contributed by atoms with Gasteiger partial charge in [0.1, 0.15) is 23.4 Å². The number of rotatable bonds is 7. The monoisotopic (exact) mass is 403 g/mol. The average molecular weight is 404 g/mol. The zero-order valence-corrected chi connectivity index (χ0v) is 16.8. The number of carbonyl (C=O) groups excluding carboxylic acids is 2. The Morgan fingerprint density at radius 3 is 2.71 bits per heavy atom. The molecule has 6 nitrogen and oxygen atoms in total. The number of nitrogens with one attached hydrogen (secondary N) is 1. The van der Waals surface area contributed by atoms with E-state index in [1.807, 2.05) is 19.9 Å². The first-order chi connectivity index (χ1) is 13.4. The molecule has 0 radical (unpaired) electrons. The summed E-state index contributed by atoms with van der Waals surface area (Å²) in [4.78, 5) is 24.1. The molecule has 2 aromatic rings. The molecule has 1 amide bonds. The number of fused-ring (bicyclic) bond motifs is 1. The maximum absolute atomic E-state index is 12.4. The maximum Gasteiger partial charge on any atom is 0.262 e. The fraction of sp³-hybridized carbons (Fsp3) is 0.333. The number of hydrogen-bond donors (Lipinski definition) is 1. The number of Topliss-reactive ketones (excluding diaryl/α,β-unsaturated/α-hetero) is 1. The smallest absolute Gasteiger partial charge is 0.262 e. The molecule has 148 valence electrons. The van der Waals surface area contributed by atoms with Crippen LogP contribution in [0, 0.1) is 0 Å². The van der Waals surface area contributed by atoms with Crippen molar-refractivity contribution >= 4 is 29.0 Å². The number of anilines is 1. The van der Waals surface area contributed by atoms with Crippen LogP contribution >= 0.6 is 11.6 Å². The third kappa shape index (κ3) is 4.57. The lowest BCUT2D eigenvalue weighted by Gasteiger charge is -2.14. The number of carbonyl (C=O) groups is 2. The summed E-state index contributed by atoms with van der Waals surface area (Å²) in [5, 5.41) is 3.22. The molecule has 0 spiro atoms. The highest BCUT2D eigenvalue weighted by Gasteiger charge is 2.22. The average Bonchev–Trinajstić information content (AvgIpc) is 2.99. The SMILES string of the molecule is CCOc1cc2c(cc1NC(=O)COc1ccc(Cl)cc1C(C)=O)O[C@@H](C)C2. The number of ether oxygens (including phenoxy) is 3. The van der Waals surface area contributed by atoms with Crippen molar-refractivity contribution in [2.24, 2.45) is 0 Å². The van der Waals surface area contributed by atoms with Gasteiger partial charge in [-0.15, -0.1) is 0 Å². The third-order valence-corrected chi connectivity index (χ3v) is 4.49. The highest BCUT2D eigenvalue weighted by Crippen LogP contribution is 2.38. The molecule has 1 N–H and O–H groups in total. The topological polar surface area (TPSA) is 73.9 Å². The van der Waals surface area contributed by atoms with Crippen LogP contribution in [0.5, 0.6) is 17.2 Å². The normalized spacial score (nSPS) is 14.8. The van der Waals surface area contributed by atoms with Crippen molar-refractivity contribution < 1.29 is 23.8 Å². The molecule has 28 heavy (non-hydrogen) atoms. The Morgan fingerprint density at radius 2 is 2.00 bits per heavy atom. The van der Waals surface area contributed by atoms with Crippen LogP contribution in [0.1, 0.15) is 36.7 Å². The Morgan fingerprint density at radius 1 is 1.21 bits per heavy atom. The van der Waals surface area contributed by atoms with E-state index in [0.717, 1.165) is 17.7 Å². The summed E-state index contributed by atoms with van der Waals surface area (Å²) in [5.41, 5.74) is 1.90. The van der Waals surface area contributed by atoms with Gasteiger partial charge in [0.15, 0.2) is 12.4 Å². The molecule has 0 aromatic heterocycles. The zero-order chi connectivity index (χ0) is 20.3. The third-order valence-electron chi connectivity index (χ3n) is 4.25. The summed E-state index contributed by atoms with van der Waals surface area (Å²) < 4.78 is 16.9. The van der Waals surface area contributed by atoms with Crippen molar-refractivity contribution in [3.63, 3.8) is 0 Å². The van der Waals surface area contributed by atoms with Gasteiger partial charge < -0.3 is 19.5 Å². The first-order valence-corrected chi connectivity index (χ1v) is 9.44. The minimum Gasteiger partial charge on any atom is -0.492 e. The standard InChI is InChI=1S/C21H22ClNO5/c1-4-26-20-8-14-7-12(2)28-19(14)10-17(20)23-21(25)11-27-18-6-5-15(22)9-16(18)13(3)24/h5-6,8-10,12H,4,7,11H2,1-3H3,(H,23,25)/t12-/m0/s1. The van der Waals surface area contributed by atoms with Crippen molar-refractivity contribution in [1.82, 2.24) is 0 Å². The van der Waals surface area contributed by atoms with Crippen LogP contribution in [0.2, 0.25) is 5.02 Å². The summed E-state index contributed by atoms with van der Waals surface area (Å²) in [6.07, 6.45) is 0.894. The van der Waals surface area contributed by atoms with Gasteiger partial charge in [-0.25, -0.2) is 0 Å². The van der Waals surface area contributed by atoms with Crippen LogP contribution in [-0.2, 0) is 11.2 Å². The minimum absolute atomic E-state index is 0.0914. The van der Waals surface area contributed by atoms with Crippen LogP contribution in [0.3, 0.4) is 0 Å². The largest absolute Gasteiger partial charge is 0.492 e. The van der Waals surface area contributed by atoms with Crippen molar-refractivity contribution in [1.29, 1.82) is 0 Å². The van der Waals surface area contributed by atoms with Gasteiger partial charge in [0.25, 0.3) is 5.91 Å². The summed E-state index contributed by atoms with van der Waals surface area (Å²) in [5.74, 6) is 1.06. The molecule has 1 atom stereocenters. The first-order valence-electron chi connectivity index (χ1n) is 9.07. The van der Waals surface area contributed by atoms with Gasteiger partial charge >= 0.3 is 0 Å². The summed E-state index contributed by atoms with van der Waals surface area (Å²) in [6, 6.07) is 8.36. The van der Waals surface area contributed by atoms with E-state index in [0.29, 0.717) is 34.4 Å². The van der Waals surface area contributed by atoms with Crippen molar-refractivity contribution in [2.45, 2.75) is 33.3 Å². The van der Waals surface area contributed by atoms with Crippen molar-refractivity contribution in [3.05, 3.63) is 46.5 Å². The molecule has 0 saturated carbocycles. The summed E-state index contributed by atoms with van der Waals surface area (Å²) in [6.45, 7) is 5.50. The Labute approximate surface area is 168 Å². The number of amides is 1. The molecular weight excluding hydrogens is 382 g/mol. The van der Waals surface area contributed by atoms with Gasteiger partial charge in [-0.1, -0.05) is 11.6 Å². The van der Waals surface area contributed by atoms with Crippen LogP contribution in [0.25, 0.3) is 0 Å². The second-order valence-electron chi connectivity index (χ2n) is 6.56. The molecule has 0 aliphatic carbocycles. The minimum atomic E-state index is -0.378. The number of halogens is 1. The van der Waals surface area contributed by atoms with Crippen LogP contribution in [0.15, 0.2) is 30.3 Å². The van der Waals surface area contributed by atoms with E-state index in [2.05, 4.69) is 5.32 Å². The molecule has 3 rings (SSSR count). The maximum atomic E-state index is 12.4. The lowest BCUT2D eigenvalue weighted by atomic mass is 10.1. The predicted molar refractivity (Wildman–Crippen MR) is 107 cm³/mol. The molecule has 7 heteroatoms. The molecule has 0 unspecified atom stereocenters. The molecule has 0 saturated heterocycles. The Hall–Kier alpha value is -2.73. The zero-order valence-electron chi connectivity index (χ0n) is 16.0. The fourth-order valence-corrected chi connectivity index (χ4v) is 3.22. The van der Waals surface area contributed by atoms with Gasteiger partial charge in [0.2, 0.25) is 0 Å². The number of hydrogen-bond acceptors (Lipinski definition) is 5. The molecule has 1 heterocycles. The van der Waals surface area contributed by atoms with Crippen LogP contribution in [-0.4, -0.2) is 31.0 Å². The molecule has 1 aliphatic rings. The lowest BCUT2D eigenvalue weighted by Crippen LogP contribution is -2.21. The Bertz CT molecular complexity index is 912. The number of ketones is 1. The molecule has 1 aliphatic heterocycles. The molecule has 0 bridgehead atoms. The number of benzene rings is 2. The van der Waals surface area contributed by atoms with Crippen LogP contribution in [0.4, 0.5) is 5.69 Å². The van der Waals surface area contributed by atoms with E-state index in [1.54, 1.807) is 18.2 Å². The first kappa shape index (κ1) is 20.0. The second kappa shape index (κ2) is 8.52. The van der Waals surface area contributed by atoms with E-state index in [4.69, 9.17) is 25.8 Å². The van der Waals surface area contributed by atoms with E-state index >= 15 is 0 Å². The van der Waals surface area contributed by atoms with Gasteiger partial charge in [-0.05, 0) is 45.0 Å². The molecular formula is C21H22ClNO5. The summed E-state index contributed by atoms with van der Waals surface area (Å²) >= 11 is 5.92. The quantitative estimate of drug-likeness (QED) is 0.698. The molecule has 0 fully saturated rings. The van der Waals surface area contributed by atoms with Gasteiger partial charge in [0.05, 0.1) is 17.9 Å². The van der Waals surface area contributed by atoms with E-state index in [9.17, 15) is 9.59 Å². The van der Waals surface area contributed by atoms with Gasteiger partial charge in [-0.2, -0.15) is 0 Å².